The fraction of sp³-hybridized carbons (Fsp3) is 0.125. The molecule has 110 valence electrons. The van der Waals surface area contributed by atoms with E-state index in [0.29, 0.717) is 11.4 Å². The van der Waals surface area contributed by atoms with Gasteiger partial charge in [0, 0.05) is 18.8 Å². The fourth-order valence-electron chi connectivity index (χ4n) is 2.15. The molecule has 2 aromatic heterocycles. The van der Waals surface area contributed by atoms with Crippen molar-refractivity contribution in [3.8, 4) is 5.69 Å². The first-order valence-electron chi connectivity index (χ1n) is 6.84. The van der Waals surface area contributed by atoms with Crippen LogP contribution in [0, 0.1) is 6.92 Å². The van der Waals surface area contributed by atoms with Crippen molar-refractivity contribution in [3.05, 3.63) is 65.8 Å². The summed E-state index contributed by atoms with van der Waals surface area (Å²) in [5, 5.41) is 12.1. The average molecular weight is 293 g/mol. The minimum Gasteiger partial charge on any atom is -0.287 e. The molecule has 0 fully saturated rings. The first kappa shape index (κ1) is 13.9. The van der Waals surface area contributed by atoms with E-state index in [-0.39, 0.29) is 5.78 Å². The maximum absolute atomic E-state index is 12.3. The van der Waals surface area contributed by atoms with Crippen LogP contribution in [0.5, 0.6) is 0 Å². The van der Waals surface area contributed by atoms with Gasteiger partial charge in [-0.25, -0.2) is 4.68 Å². The molecule has 0 bridgehead atoms. The zero-order valence-corrected chi connectivity index (χ0v) is 12.3. The molecule has 0 radical (unpaired) electrons. The lowest BCUT2D eigenvalue weighted by atomic mass is 10.2. The lowest BCUT2D eigenvalue weighted by Crippen LogP contribution is -2.01. The van der Waals surface area contributed by atoms with E-state index in [9.17, 15) is 4.79 Å². The number of hydrogen-bond donors (Lipinski definition) is 0. The fourth-order valence-corrected chi connectivity index (χ4v) is 2.15. The molecule has 0 aliphatic rings. The van der Waals surface area contributed by atoms with Gasteiger partial charge in [0.05, 0.1) is 17.6 Å². The normalized spacial score (nSPS) is 11.2. The monoisotopic (exact) mass is 293 g/mol. The number of nitrogens with zero attached hydrogens (tertiary/aromatic N) is 5. The molecule has 0 aliphatic carbocycles. The van der Waals surface area contributed by atoms with Crippen LogP contribution in [0.2, 0.25) is 0 Å². The lowest BCUT2D eigenvalue weighted by molar-refractivity contribution is 0.104. The molecule has 0 amide bonds. The van der Waals surface area contributed by atoms with Gasteiger partial charge in [0.1, 0.15) is 0 Å². The summed E-state index contributed by atoms with van der Waals surface area (Å²) in [6.45, 7) is 1.83. The predicted octanol–water partition coefficient (Wildman–Crippen LogP) is 2.21. The summed E-state index contributed by atoms with van der Waals surface area (Å²) in [5.74, 6) is -0.177. The van der Waals surface area contributed by atoms with Crippen molar-refractivity contribution in [2.45, 2.75) is 6.92 Å². The molecule has 0 atom stereocenters. The number of benzene rings is 1. The van der Waals surface area contributed by atoms with E-state index in [1.54, 1.807) is 21.6 Å². The number of aryl methyl sites for hydroxylation is 1. The van der Waals surface area contributed by atoms with Crippen molar-refractivity contribution in [2.24, 2.45) is 7.05 Å². The van der Waals surface area contributed by atoms with Gasteiger partial charge in [-0.2, -0.15) is 5.10 Å². The smallest absolute Gasteiger partial charge is 0.208 e. The summed E-state index contributed by atoms with van der Waals surface area (Å²) < 4.78 is 3.34. The highest BCUT2D eigenvalue weighted by molar-refractivity contribution is 6.06. The third kappa shape index (κ3) is 2.71. The van der Waals surface area contributed by atoms with Crippen molar-refractivity contribution in [1.29, 1.82) is 0 Å². The van der Waals surface area contributed by atoms with Gasteiger partial charge in [0.25, 0.3) is 0 Å². The van der Waals surface area contributed by atoms with Crippen LogP contribution in [0.4, 0.5) is 0 Å². The molecule has 2 heterocycles. The van der Waals surface area contributed by atoms with Gasteiger partial charge < -0.3 is 0 Å². The first-order valence-corrected chi connectivity index (χ1v) is 6.84. The van der Waals surface area contributed by atoms with Crippen LogP contribution in [0.15, 0.2) is 48.8 Å². The van der Waals surface area contributed by atoms with E-state index in [1.807, 2.05) is 50.5 Å². The Kier molecular flexibility index (Phi) is 3.65. The second-order valence-electron chi connectivity index (χ2n) is 4.92. The Balaban J connectivity index is 1.85. The Bertz CT molecular complexity index is 829. The highest BCUT2D eigenvalue weighted by Gasteiger charge is 2.15. The second kappa shape index (κ2) is 5.77. The molecule has 6 heteroatoms. The van der Waals surface area contributed by atoms with Crippen molar-refractivity contribution >= 4 is 11.9 Å². The second-order valence-corrected chi connectivity index (χ2v) is 4.92. The molecule has 6 nitrogen and oxygen atoms in total. The Morgan fingerprint density at radius 3 is 2.68 bits per heavy atom. The van der Waals surface area contributed by atoms with Crippen LogP contribution in [0.3, 0.4) is 0 Å². The van der Waals surface area contributed by atoms with Crippen molar-refractivity contribution in [1.82, 2.24) is 24.8 Å². The van der Waals surface area contributed by atoms with Gasteiger partial charge >= 0.3 is 0 Å². The van der Waals surface area contributed by atoms with Gasteiger partial charge in [-0.3, -0.25) is 9.48 Å². The molecule has 0 N–H and O–H groups in total. The molecule has 0 saturated carbocycles. The van der Waals surface area contributed by atoms with E-state index >= 15 is 0 Å². The molecular formula is C16H15N5O. The highest BCUT2D eigenvalue weighted by atomic mass is 16.1. The summed E-state index contributed by atoms with van der Waals surface area (Å²) in [5.41, 5.74) is 2.81. The standard InChI is InChI=1S/C16H15N5O/c1-12-16(15(22)9-8-13-10-17-20(2)11-13)18-19-21(12)14-6-4-3-5-7-14/h3-11H,1-2H3/b9-8+. The number of rotatable bonds is 4. The van der Waals surface area contributed by atoms with Gasteiger partial charge in [-0.05, 0) is 31.2 Å². The van der Waals surface area contributed by atoms with Gasteiger partial charge in [-0.15, -0.1) is 5.10 Å². The van der Waals surface area contributed by atoms with Crippen molar-refractivity contribution < 1.29 is 4.79 Å². The Labute approximate surface area is 127 Å². The number of hydrogen-bond acceptors (Lipinski definition) is 4. The van der Waals surface area contributed by atoms with E-state index in [2.05, 4.69) is 15.4 Å². The molecule has 3 rings (SSSR count). The molecular weight excluding hydrogens is 278 g/mol. The number of carbonyl (C=O) groups is 1. The predicted molar refractivity (Wildman–Crippen MR) is 82.7 cm³/mol. The van der Waals surface area contributed by atoms with E-state index in [1.165, 1.54) is 6.08 Å². The number of aromatic nitrogens is 5. The Morgan fingerprint density at radius 1 is 1.23 bits per heavy atom. The summed E-state index contributed by atoms with van der Waals surface area (Å²) in [4.78, 5) is 12.3. The van der Waals surface area contributed by atoms with Gasteiger partial charge in [-0.1, -0.05) is 23.4 Å². The molecule has 3 aromatic rings. The minimum absolute atomic E-state index is 0.177. The quantitative estimate of drug-likeness (QED) is 0.546. The van der Waals surface area contributed by atoms with Crippen LogP contribution < -0.4 is 0 Å². The van der Waals surface area contributed by atoms with E-state index < -0.39 is 0 Å². The van der Waals surface area contributed by atoms with Gasteiger partial charge in [0.2, 0.25) is 5.78 Å². The summed E-state index contributed by atoms with van der Waals surface area (Å²) in [6.07, 6.45) is 6.73. The van der Waals surface area contributed by atoms with Crippen molar-refractivity contribution in [3.63, 3.8) is 0 Å². The third-order valence-corrected chi connectivity index (χ3v) is 3.28. The largest absolute Gasteiger partial charge is 0.287 e. The minimum atomic E-state index is -0.177. The maximum atomic E-state index is 12.3. The number of allylic oxidation sites excluding steroid dienone is 1. The lowest BCUT2D eigenvalue weighted by Gasteiger charge is -2.01. The first-order chi connectivity index (χ1) is 10.6. The Morgan fingerprint density at radius 2 is 2.00 bits per heavy atom. The zero-order valence-electron chi connectivity index (χ0n) is 12.3. The number of ketones is 1. The van der Waals surface area contributed by atoms with Crippen LogP contribution in [0.1, 0.15) is 21.7 Å². The van der Waals surface area contributed by atoms with Crippen molar-refractivity contribution in [2.75, 3.05) is 0 Å². The number of carbonyl (C=O) groups excluding carboxylic acids is 1. The molecule has 0 unspecified atom stereocenters. The topological polar surface area (TPSA) is 65.6 Å². The van der Waals surface area contributed by atoms with Gasteiger partial charge in [0.15, 0.2) is 5.69 Å². The van der Waals surface area contributed by atoms with E-state index in [0.717, 1.165) is 11.3 Å². The summed E-state index contributed by atoms with van der Waals surface area (Å²) >= 11 is 0. The third-order valence-electron chi connectivity index (χ3n) is 3.28. The molecule has 0 spiro atoms. The number of para-hydroxylation sites is 1. The van der Waals surface area contributed by atoms with Crippen LogP contribution >= 0.6 is 0 Å². The molecule has 1 aromatic carbocycles. The molecule has 0 saturated heterocycles. The van der Waals surface area contributed by atoms with Crippen LogP contribution in [-0.2, 0) is 7.05 Å². The zero-order chi connectivity index (χ0) is 15.5. The van der Waals surface area contributed by atoms with Crippen LogP contribution in [0.25, 0.3) is 11.8 Å². The summed E-state index contributed by atoms with van der Waals surface area (Å²) in [7, 11) is 1.83. The average Bonchev–Trinajstić information content (AvgIpc) is 3.12. The summed E-state index contributed by atoms with van der Waals surface area (Å²) in [6, 6.07) is 9.60. The molecule has 0 aliphatic heterocycles. The highest BCUT2D eigenvalue weighted by Crippen LogP contribution is 2.13. The van der Waals surface area contributed by atoms with Crippen LogP contribution in [-0.4, -0.2) is 30.6 Å². The maximum Gasteiger partial charge on any atom is 0.208 e. The SMILES string of the molecule is Cc1c(C(=O)/C=C/c2cnn(C)c2)nnn1-c1ccccc1. The van der Waals surface area contributed by atoms with E-state index in [4.69, 9.17) is 0 Å². The molecule has 22 heavy (non-hydrogen) atoms. The Hall–Kier alpha value is -3.02.